The van der Waals surface area contributed by atoms with Gasteiger partial charge in [-0.3, -0.25) is 0 Å². The summed E-state index contributed by atoms with van der Waals surface area (Å²) in [6, 6.07) is 5.74. The number of halogens is 2. The molecule has 72 valence electrons. The number of aromatic nitrogens is 1. The van der Waals surface area contributed by atoms with Crippen LogP contribution in [0.15, 0.2) is 24.3 Å². The van der Waals surface area contributed by atoms with E-state index in [4.69, 9.17) is 23.2 Å². The molecular weight excluding hydrogens is 217 g/mol. The molecule has 3 heteroatoms. The number of allylic oxidation sites excluding steroid dienone is 1. The smallest absolute Gasteiger partial charge is 0.0613 e. The van der Waals surface area contributed by atoms with Gasteiger partial charge in [0.1, 0.15) is 0 Å². The number of aromatic amines is 1. The van der Waals surface area contributed by atoms with Crippen LogP contribution in [0.1, 0.15) is 12.6 Å². The topological polar surface area (TPSA) is 15.8 Å². The van der Waals surface area contributed by atoms with Gasteiger partial charge < -0.3 is 4.98 Å². The zero-order chi connectivity index (χ0) is 10.1. The molecule has 1 N–H and O–H groups in total. The second kappa shape index (κ2) is 3.68. The Labute approximate surface area is 92.3 Å². The van der Waals surface area contributed by atoms with Gasteiger partial charge in [0.05, 0.1) is 10.0 Å². The Morgan fingerprint density at radius 2 is 1.86 bits per heavy atom. The zero-order valence-electron chi connectivity index (χ0n) is 7.64. The van der Waals surface area contributed by atoms with Crippen LogP contribution >= 0.6 is 23.2 Å². The van der Waals surface area contributed by atoms with Crippen LogP contribution in [-0.2, 0) is 0 Å². The van der Waals surface area contributed by atoms with Gasteiger partial charge in [-0.2, -0.15) is 0 Å². The van der Waals surface area contributed by atoms with E-state index in [0.29, 0.717) is 10.0 Å². The first-order valence-corrected chi connectivity index (χ1v) is 5.07. The predicted molar refractivity (Wildman–Crippen MR) is 63.0 cm³/mol. The summed E-state index contributed by atoms with van der Waals surface area (Å²) in [6.45, 7) is 1.98. The molecule has 14 heavy (non-hydrogen) atoms. The fourth-order valence-electron chi connectivity index (χ4n) is 1.42. The summed E-state index contributed by atoms with van der Waals surface area (Å²) >= 11 is 11.8. The molecule has 2 rings (SSSR count). The third-order valence-corrected chi connectivity index (χ3v) is 2.75. The monoisotopic (exact) mass is 225 g/mol. The molecule has 1 heterocycles. The number of hydrogen-bond donors (Lipinski definition) is 1. The Bertz CT molecular complexity index is 458. The maximum absolute atomic E-state index is 5.91. The molecule has 2 aromatic rings. The van der Waals surface area contributed by atoms with Crippen LogP contribution in [0, 0.1) is 0 Å². The third-order valence-electron chi connectivity index (χ3n) is 2.03. The minimum absolute atomic E-state index is 0.577. The lowest BCUT2D eigenvalue weighted by Gasteiger charge is -1.94. The lowest BCUT2D eigenvalue weighted by Crippen LogP contribution is -1.71. The number of fused-ring (bicyclic) bond motifs is 1. The number of rotatable bonds is 1. The van der Waals surface area contributed by atoms with Gasteiger partial charge >= 0.3 is 0 Å². The van der Waals surface area contributed by atoms with Gasteiger partial charge in [0, 0.05) is 16.6 Å². The minimum atomic E-state index is 0.577. The Morgan fingerprint density at radius 3 is 2.57 bits per heavy atom. The predicted octanol–water partition coefficient (Wildman–Crippen LogP) is 4.51. The van der Waals surface area contributed by atoms with E-state index in [-0.39, 0.29) is 0 Å². The first kappa shape index (κ1) is 9.63. The summed E-state index contributed by atoms with van der Waals surface area (Å²) in [4.78, 5) is 3.23. The molecule has 1 nitrogen and oxygen atoms in total. The highest BCUT2D eigenvalue weighted by atomic mass is 35.5. The molecule has 0 saturated heterocycles. The Hall–Kier alpha value is -0.920. The molecule has 0 unspecified atom stereocenters. The van der Waals surface area contributed by atoms with Crippen molar-refractivity contribution in [3.05, 3.63) is 40.0 Å². The van der Waals surface area contributed by atoms with Gasteiger partial charge in [0.25, 0.3) is 0 Å². The summed E-state index contributed by atoms with van der Waals surface area (Å²) in [5, 5.41) is 2.24. The van der Waals surface area contributed by atoms with Crippen molar-refractivity contribution in [2.45, 2.75) is 6.92 Å². The molecule has 1 aromatic heterocycles. The average molecular weight is 226 g/mol. The molecule has 0 aliphatic rings. The van der Waals surface area contributed by atoms with Gasteiger partial charge in [-0.25, -0.2) is 0 Å². The quantitative estimate of drug-likeness (QED) is 0.736. The van der Waals surface area contributed by atoms with E-state index in [0.717, 1.165) is 16.6 Å². The van der Waals surface area contributed by atoms with Crippen LogP contribution in [0.4, 0.5) is 0 Å². The largest absolute Gasteiger partial charge is 0.355 e. The van der Waals surface area contributed by atoms with Crippen LogP contribution < -0.4 is 0 Å². The van der Waals surface area contributed by atoms with E-state index in [9.17, 15) is 0 Å². The molecule has 0 amide bonds. The van der Waals surface area contributed by atoms with Crippen LogP contribution in [0.25, 0.3) is 17.0 Å². The molecule has 0 aliphatic carbocycles. The van der Waals surface area contributed by atoms with Crippen LogP contribution in [-0.4, -0.2) is 4.98 Å². The van der Waals surface area contributed by atoms with Gasteiger partial charge in [0.2, 0.25) is 0 Å². The van der Waals surface area contributed by atoms with Crippen molar-refractivity contribution >= 4 is 40.2 Å². The van der Waals surface area contributed by atoms with Crippen molar-refractivity contribution in [3.63, 3.8) is 0 Å². The lowest BCUT2D eigenvalue weighted by atomic mass is 10.2. The second-order valence-electron chi connectivity index (χ2n) is 3.08. The van der Waals surface area contributed by atoms with Crippen molar-refractivity contribution < 1.29 is 0 Å². The molecule has 0 atom stereocenters. The summed E-state index contributed by atoms with van der Waals surface area (Å²) in [7, 11) is 0. The van der Waals surface area contributed by atoms with Crippen molar-refractivity contribution in [3.8, 4) is 0 Å². The lowest BCUT2D eigenvalue weighted by molar-refractivity contribution is 1.43. The van der Waals surface area contributed by atoms with Crippen molar-refractivity contribution in [1.82, 2.24) is 4.98 Å². The van der Waals surface area contributed by atoms with Crippen molar-refractivity contribution in [2.24, 2.45) is 0 Å². The fourth-order valence-corrected chi connectivity index (χ4v) is 1.75. The normalized spacial score (nSPS) is 11.6. The Morgan fingerprint density at radius 1 is 1.14 bits per heavy atom. The number of H-pyrrole nitrogens is 1. The third kappa shape index (κ3) is 1.66. The molecular formula is C11H9Cl2N. The number of nitrogens with one attached hydrogen (secondary N) is 1. The number of benzene rings is 1. The highest BCUT2D eigenvalue weighted by Gasteiger charge is 2.03. The van der Waals surface area contributed by atoms with E-state index in [1.165, 1.54) is 0 Å². The fraction of sp³-hybridized carbons (Fsp3) is 0.0909. The first-order chi connectivity index (χ1) is 6.70. The average Bonchev–Trinajstić information content (AvgIpc) is 2.48. The van der Waals surface area contributed by atoms with Crippen LogP contribution in [0.3, 0.4) is 0 Å². The Kier molecular flexibility index (Phi) is 2.53. The zero-order valence-corrected chi connectivity index (χ0v) is 9.15. The SMILES string of the molecule is CC=Cc1cc2cc(Cl)c(Cl)cc2[nH]1. The van der Waals surface area contributed by atoms with E-state index >= 15 is 0 Å². The molecule has 0 radical (unpaired) electrons. The van der Waals surface area contributed by atoms with E-state index < -0.39 is 0 Å². The molecule has 0 aliphatic heterocycles. The highest BCUT2D eigenvalue weighted by molar-refractivity contribution is 6.42. The van der Waals surface area contributed by atoms with Crippen LogP contribution in [0.5, 0.6) is 0 Å². The molecule has 0 spiro atoms. The number of hydrogen-bond acceptors (Lipinski definition) is 0. The summed E-state index contributed by atoms with van der Waals surface area (Å²) in [6.07, 6.45) is 3.98. The van der Waals surface area contributed by atoms with Gasteiger partial charge in [-0.1, -0.05) is 29.3 Å². The highest BCUT2D eigenvalue weighted by Crippen LogP contribution is 2.28. The van der Waals surface area contributed by atoms with Gasteiger partial charge in [-0.15, -0.1) is 0 Å². The van der Waals surface area contributed by atoms with Gasteiger partial charge in [0.15, 0.2) is 0 Å². The van der Waals surface area contributed by atoms with Gasteiger partial charge in [-0.05, 0) is 31.2 Å². The first-order valence-electron chi connectivity index (χ1n) is 4.31. The van der Waals surface area contributed by atoms with Crippen LogP contribution in [0.2, 0.25) is 10.0 Å². The Balaban J connectivity index is 2.65. The molecule has 0 saturated carbocycles. The summed E-state index contributed by atoms with van der Waals surface area (Å²) in [5.41, 5.74) is 2.06. The van der Waals surface area contributed by atoms with E-state index in [1.54, 1.807) is 0 Å². The van der Waals surface area contributed by atoms with Crippen molar-refractivity contribution in [2.75, 3.05) is 0 Å². The van der Waals surface area contributed by atoms with Crippen molar-refractivity contribution in [1.29, 1.82) is 0 Å². The molecule has 1 aromatic carbocycles. The summed E-state index contributed by atoms with van der Waals surface area (Å²) in [5.74, 6) is 0. The maximum atomic E-state index is 5.91. The maximum Gasteiger partial charge on any atom is 0.0613 e. The molecule has 0 fully saturated rings. The molecule has 0 bridgehead atoms. The van der Waals surface area contributed by atoms with E-state index in [2.05, 4.69) is 4.98 Å². The standard InChI is InChI=1S/C11H9Cl2N/c1-2-3-8-4-7-5-9(12)10(13)6-11(7)14-8/h2-6,14H,1H3. The minimum Gasteiger partial charge on any atom is -0.355 e. The van der Waals surface area contributed by atoms with E-state index in [1.807, 2.05) is 37.3 Å². The summed E-state index contributed by atoms with van der Waals surface area (Å²) < 4.78 is 0. The second-order valence-corrected chi connectivity index (χ2v) is 3.89.